The predicted octanol–water partition coefficient (Wildman–Crippen LogP) is 8.42. The van der Waals surface area contributed by atoms with Crippen molar-refractivity contribution in [1.29, 1.82) is 0 Å². The standard InChI is InChI=1S/C39H36N6O/c1-21-9-22(2)14-29(13-21)34-40-35(30-15-23(3)10-24(4)16-30)43-38(42-34)33(46)39-44-36(31-17-25(5)11-26(6)18-31)41-37(45-39)32-19-27(7)12-28(8)20-32/h9-20H,1-8H3. The molecular formula is C39H36N6O. The van der Waals surface area contributed by atoms with Gasteiger partial charge in [0.05, 0.1) is 0 Å². The number of benzene rings is 4. The summed E-state index contributed by atoms with van der Waals surface area (Å²) in [5.41, 5.74) is 11.8. The summed E-state index contributed by atoms with van der Waals surface area (Å²) in [5, 5.41) is 0. The van der Waals surface area contributed by atoms with Crippen LogP contribution in [0.25, 0.3) is 45.6 Å². The number of hydrogen-bond donors (Lipinski definition) is 0. The van der Waals surface area contributed by atoms with E-state index in [1.807, 2.05) is 104 Å². The van der Waals surface area contributed by atoms with E-state index >= 15 is 0 Å². The van der Waals surface area contributed by atoms with Crippen molar-refractivity contribution in [3.63, 3.8) is 0 Å². The maximum atomic E-state index is 14.4. The van der Waals surface area contributed by atoms with Crippen molar-refractivity contribution in [1.82, 2.24) is 29.9 Å². The van der Waals surface area contributed by atoms with Gasteiger partial charge in [-0.25, -0.2) is 29.9 Å². The summed E-state index contributed by atoms with van der Waals surface area (Å²) >= 11 is 0. The summed E-state index contributed by atoms with van der Waals surface area (Å²) in [6, 6.07) is 24.5. The summed E-state index contributed by atoms with van der Waals surface area (Å²) in [5.74, 6) is 1.10. The van der Waals surface area contributed by atoms with Crippen molar-refractivity contribution >= 4 is 5.78 Å². The lowest BCUT2D eigenvalue weighted by Crippen LogP contribution is -2.15. The summed E-state index contributed by atoms with van der Waals surface area (Å²) < 4.78 is 0. The van der Waals surface area contributed by atoms with Crippen LogP contribution in [0.5, 0.6) is 0 Å². The highest BCUT2D eigenvalue weighted by Gasteiger charge is 2.23. The van der Waals surface area contributed by atoms with Gasteiger partial charge in [-0.3, -0.25) is 4.79 Å². The smallest absolute Gasteiger partial charge is 0.267 e. The second kappa shape index (κ2) is 12.2. The van der Waals surface area contributed by atoms with E-state index in [0.29, 0.717) is 23.3 Å². The monoisotopic (exact) mass is 604 g/mol. The number of carbonyl (C=O) groups is 1. The van der Waals surface area contributed by atoms with Crippen molar-refractivity contribution in [2.75, 3.05) is 0 Å². The molecule has 0 atom stereocenters. The van der Waals surface area contributed by atoms with Crippen LogP contribution in [0, 0.1) is 55.4 Å². The lowest BCUT2D eigenvalue weighted by atomic mass is 10.1. The van der Waals surface area contributed by atoms with Gasteiger partial charge in [0.15, 0.2) is 23.3 Å². The number of rotatable bonds is 6. The maximum absolute atomic E-state index is 14.4. The molecule has 0 saturated carbocycles. The van der Waals surface area contributed by atoms with Crippen LogP contribution in [0.1, 0.15) is 61.0 Å². The third-order valence-corrected chi connectivity index (χ3v) is 7.60. The second-order valence-electron chi connectivity index (χ2n) is 12.4. The molecule has 2 heterocycles. The molecule has 0 aliphatic heterocycles. The molecule has 0 unspecified atom stereocenters. The maximum Gasteiger partial charge on any atom is 0.267 e. The van der Waals surface area contributed by atoms with Crippen molar-refractivity contribution in [3.8, 4) is 45.6 Å². The Bertz CT molecular complexity index is 1800. The number of ketones is 1. The second-order valence-corrected chi connectivity index (χ2v) is 12.4. The van der Waals surface area contributed by atoms with E-state index in [2.05, 4.69) is 24.3 Å². The Labute approximate surface area is 269 Å². The van der Waals surface area contributed by atoms with Gasteiger partial charge in [0.25, 0.3) is 5.78 Å². The zero-order chi connectivity index (χ0) is 32.7. The molecule has 0 fully saturated rings. The largest absolute Gasteiger partial charge is 0.281 e. The summed E-state index contributed by atoms with van der Waals surface area (Å²) in [7, 11) is 0. The van der Waals surface area contributed by atoms with Gasteiger partial charge in [0, 0.05) is 22.3 Å². The third kappa shape index (κ3) is 6.64. The van der Waals surface area contributed by atoms with Crippen LogP contribution in [-0.2, 0) is 0 Å². The SMILES string of the molecule is Cc1cc(C)cc(-c2nc(C(=O)c3nc(-c4cc(C)cc(C)c4)nc(-c4cc(C)cc(C)c4)n3)nc(-c3cc(C)cc(C)c3)n2)c1. The molecule has 0 spiro atoms. The third-order valence-electron chi connectivity index (χ3n) is 7.60. The fourth-order valence-corrected chi connectivity index (χ4v) is 5.99. The Morgan fingerprint density at radius 2 is 0.522 bits per heavy atom. The lowest BCUT2D eigenvalue weighted by Gasteiger charge is -2.11. The first kappa shape index (κ1) is 30.6. The number of nitrogens with zero attached hydrogens (tertiary/aromatic N) is 6. The van der Waals surface area contributed by atoms with Gasteiger partial charge in [-0.05, 0) is 104 Å². The van der Waals surface area contributed by atoms with E-state index in [0.717, 1.165) is 66.8 Å². The molecule has 0 aliphatic carbocycles. The van der Waals surface area contributed by atoms with Crippen LogP contribution in [0.3, 0.4) is 0 Å². The summed E-state index contributed by atoms with van der Waals surface area (Å²) in [6.07, 6.45) is 0. The van der Waals surface area contributed by atoms with Crippen molar-refractivity contribution in [3.05, 3.63) is 129 Å². The minimum absolute atomic E-state index is 0.0257. The molecule has 7 heteroatoms. The van der Waals surface area contributed by atoms with Crippen LogP contribution in [-0.4, -0.2) is 35.7 Å². The van der Waals surface area contributed by atoms with Crippen molar-refractivity contribution < 1.29 is 4.79 Å². The molecule has 6 aromatic rings. The van der Waals surface area contributed by atoms with Gasteiger partial charge in [-0.2, -0.15) is 0 Å². The Balaban J connectivity index is 1.57. The molecule has 0 radical (unpaired) electrons. The average Bonchev–Trinajstić information content (AvgIpc) is 2.98. The predicted molar refractivity (Wildman–Crippen MR) is 183 cm³/mol. The normalized spacial score (nSPS) is 11.1. The fourth-order valence-electron chi connectivity index (χ4n) is 5.99. The highest BCUT2D eigenvalue weighted by atomic mass is 16.1. The molecule has 0 N–H and O–H groups in total. The lowest BCUT2D eigenvalue weighted by molar-refractivity contribution is 0.101. The molecule has 7 nitrogen and oxygen atoms in total. The molecule has 228 valence electrons. The first-order chi connectivity index (χ1) is 21.9. The van der Waals surface area contributed by atoms with Crippen LogP contribution < -0.4 is 0 Å². The van der Waals surface area contributed by atoms with E-state index in [1.54, 1.807) is 0 Å². The Hall–Kier alpha value is -5.43. The molecule has 0 amide bonds. The van der Waals surface area contributed by atoms with E-state index in [-0.39, 0.29) is 11.6 Å². The number of aryl methyl sites for hydroxylation is 8. The first-order valence-electron chi connectivity index (χ1n) is 15.3. The molecule has 0 saturated heterocycles. The van der Waals surface area contributed by atoms with Crippen molar-refractivity contribution in [2.24, 2.45) is 0 Å². The van der Waals surface area contributed by atoms with Gasteiger partial charge < -0.3 is 0 Å². The zero-order valence-electron chi connectivity index (χ0n) is 27.5. The minimum Gasteiger partial charge on any atom is -0.281 e. The van der Waals surface area contributed by atoms with Crippen LogP contribution >= 0.6 is 0 Å². The molecule has 4 aromatic carbocycles. The number of aromatic nitrogens is 6. The van der Waals surface area contributed by atoms with Gasteiger partial charge in [-0.1, -0.05) is 68.8 Å². The van der Waals surface area contributed by atoms with Crippen LogP contribution in [0.2, 0.25) is 0 Å². The van der Waals surface area contributed by atoms with E-state index in [9.17, 15) is 4.79 Å². The molecule has 6 rings (SSSR count). The molecule has 46 heavy (non-hydrogen) atoms. The van der Waals surface area contributed by atoms with E-state index in [1.165, 1.54) is 0 Å². The fraction of sp³-hybridized carbons (Fsp3) is 0.205. The van der Waals surface area contributed by atoms with Crippen LogP contribution in [0.4, 0.5) is 0 Å². The highest BCUT2D eigenvalue weighted by molar-refractivity contribution is 6.04. The van der Waals surface area contributed by atoms with Gasteiger partial charge >= 0.3 is 0 Å². The molecule has 0 bridgehead atoms. The van der Waals surface area contributed by atoms with E-state index in [4.69, 9.17) is 29.9 Å². The molecule has 0 aliphatic rings. The Kier molecular flexibility index (Phi) is 8.09. The molecular weight excluding hydrogens is 568 g/mol. The minimum atomic E-state index is -0.502. The Morgan fingerprint density at radius 1 is 0.326 bits per heavy atom. The van der Waals surface area contributed by atoms with Gasteiger partial charge in [0.1, 0.15) is 0 Å². The number of carbonyl (C=O) groups excluding carboxylic acids is 1. The first-order valence-corrected chi connectivity index (χ1v) is 15.3. The van der Waals surface area contributed by atoms with E-state index < -0.39 is 5.78 Å². The Morgan fingerprint density at radius 3 is 0.717 bits per heavy atom. The topological polar surface area (TPSA) is 94.4 Å². The molecule has 2 aromatic heterocycles. The van der Waals surface area contributed by atoms with Gasteiger partial charge in [0.2, 0.25) is 11.6 Å². The highest BCUT2D eigenvalue weighted by Crippen LogP contribution is 2.27. The summed E-state index contributed by atoms with van der Waals surface area (Å²) in [6.45, 7) is 16.2. The summed E-state index contributed by atoms with van der Waals surface area (Å²) in [4.78, 5) is 43.0. The zero-order valence-corrected chi connectivity index (χ0v) is 27.5. The van der Waals surface area contributed by atoms with Crippen LogP contribution in [0.15, 0.2) is 72.8 Å². The van der Waals surface area contributed by atoms with Crippen molar-refractivity contribution in [2.45, 2.75) is 55.4 Å². The average molecular weight is 605 g/mol. The quantitative estimate of drug-likeness (QED) is 0.176. The van der Waals surface area contributed by atoms with Gasteiger partial charge in [-0.15, -0.1) is 0 Å². The number of hydrogen-bond acceptors (Lipinski definition) is 7.